The largest absolute Gasteiger partial charge is 0.569 e. The topological polar surface area (TPSA) is 213 Å². The van der Waals surface area contributed by atoms with Gasteiger partial charge in [-0.15, -0.1) is 11.3 Å². The van der Waals surface area contributed by atoms with Crippen molar-refractivity contribution in [2.45, 2.75) is 0 Å². The Hall–Kier alpha value is -16.3. The molecule has 6 aromatic heterocycles. The van der Waals surface area contributed by atoms with Gasteiger partial charge < -0.3 is 66.1 Å². The van der Waals surface area contributed by atoms with Gasteiger partial charge in [-0.2, -0.15) is 0 Å². The van der Waals surface area contributed by atoms with Gasteiger partial charge in [-0.05, 0) is 156 Å². The second kappa shape index (κ2) is 38.0. The smallest absolute Gasteiger partial charge is 0.536 e. The molecule has 0 saturated carbocycles. The molecule has 25 aromatic rings. The minimum Gasteiger partial charge on any atom is -0.536 e. The van der Waals surface area contributed by atoms with Crippen molar-refractivity contribution in [2.75, 3.05) is 0 Å². The Labute approximate surface area is 782 Å². The molecule has 134 heavy (non-hydrogen) atoms. The van der Waals surface area contributed by atoms with Crippen LogP contribution < -0.4 is 23.3 Å². The molecule has 0 spiro atoms. The normalized spacial score (nSPS) is 11.7. The van der Waals surface area contributed by atoms with E-state index >= 15 is 0 Å². The minimum absolute atomic E-state index is 0.0712. The lowest BCUT2D eigenvalue weighted by molar-refractivity contribution is 0.450. The molecule has 5 N–H and O–H groups in total. The molecular formula is C113H73B5NO14S. The summed E-state index contributed by atoms with van der Waals surface area (Å²) in [6.07, 6.45) is 1.75. The van der Waals surface area contributed by atoms with E-state index < -0.39 is 18.1 Å². The number of para-hydroxylation sites is 4. The van der Waals surface area contributed by atoms with E-state index in [0.717, 1.165) is 138 Å². The number of nitrogens with zero attached hydrogens (tertiary/aromatic N) is 1. The average molecular weight is 1760 g/mol. The summed E-state index contributed by atoms with van der Waals surface area (Å²) in [5, 5.41) is 61.9. The van der Waals surface area contributed by atoms with Crippen LogP contribution in [0.15, 0.2) is 430 Å². The molecule has 0 aliphatic carbocycles. The van der Waals surface area contributed by atoms with Crippen LogP contribution in [0.25, 0.3) is 218 Å². The Bertz CT molecular complexity index is 8920. The summed E-state index contributed by atoms with van der Waals surface area (Å²) in [6, 6.07) is 123. The number of furan rings is 4. The minimum atomic E-state index is -0.445. The fraction of sp³-hybridized carbons (Fsp3) is 0. The summed E-state index contributed by atoms with van der Waals surface area (Å²) < 4.78 is 93.2. The molecule has 0 fully saturated rings. The first kappa shape index (κ1) is 78.7. The number of hydrogen-bond acceptors (Lipinski definition) is 16. The Morgan fingerprint density at radius 3 is 1.37 bits per heavy atom. The highest BCUT2D eigenvalue weighted by Gasteiger charge is 2.25. The molecule has 0 bridgehead atoms. The van der Waals surface area contributed by atoms with Crippen molar-refractivity contribution in [2.24, 2.45) is 0 Å². The number of benzene rings is 19. The predicted octanol–water partition coefficient (Wildman–Crippen LogP) is 27.4. The van der Waals surface area contributed by atoms with Gasteiger partial charge in [-0.1, -0.05) is 327 Å². The number of fused-ring (bicyclic) bond motifs is 19. The van der Waals surface area contributed by atoms with E-state index in [4.69, 9.17) is 62.9 Å². The van der Waals surface area contributed by atoms with Crippen LogP contribution >= 0.6 is 11.3 Å². The SMILES string of the molecule is O[B]Oc1c2ccccc2cc2c1oc1c3ccccc3cc(-c3ccccc3)c21.O[B]Oc1cc(-c2ccccn2)cc2c1oc1c(-c3ccccc3)cccc12.O[B]Oc1cccc2c1oc1ccc(-c3ccccc3)cc12.O[B]Oc1cccc2c1sc1cccc(-c3cccc4cc(-c5ccccc5)ccc34)c12.[2H]c1c([2H])c([2H])c(-c2cccc3c2oc2c(O[B]O)cccc23)c([2H])c1[2H]. The van der Waals surface area contributed by atoms with Crippen LogP contribution in [-0.2, 0) is 0 Å². The molecule has 25 rings (SSSR count). The van der Waals surface area contributed by atoms with Crippen molar-refractivity contribution in [1.29, 1.82) is 0 Å². The van der Waals surface area contributed by atoms with E-state index in [1.165, 1.54) is 43.1 Å². The van der Waals surface area contributed by atoms with Gasteiger partial charge in [0.2, 0.25) is 0 Å². The second-order valence-electron chi connectivity index (χ2n) is 31.2. The Morgan fingerprint density at radius 2 is 0.716 bits per heavy atom. The standard InChI is InChI=1S/C28H18BO2S.C26H16BO3.C23H15BNO3.2C18H12BO3/c30-29-31-25-13-5-12-24-27-23(11-6-14-26(27)32-28(24)25)22-10-4-9-20-17-19(15-16-21(20)22)18-7-2-1-3-8-18;28-27-30-26-20-13-7-5-11-18(20)15-22-23-21(16-8-2-1-3-9-16)14-17-10-4-6-12-19(17)24(23)29-25(22)26;26-24-28-21-14-16(20-11-4-5-12-25-20)13-19-18-10-6-9-17(22(18)27-23(19)21)15-7-2-1-3-8-15;20-19-22-16-11-5-10-15-14-9-4-8-13(17(14)21-18(15)16)12-6-2-1-3-7-12;20-19-22-17-8-4-7-14-15-11-13(12-5-2-1-3-6-12)9-10-16(15)21-18(14)17/h1-17,30H;1-15,28H;1-14,26H;2*1-11,20H/i;;;1D,2D,3D,6D,7D;. The maximum absolute atomic E-state index is 9.43. The Morgan fingerprint density at radius 1 is 0.254 bits per heavy atom. The monoisotopic (exact) mass is 1760 g/mol. The zero-order valence-corrected chi connectivity index (χ0v) is 71.8. The molecule has 21 heteroatoms. The molecule has 0 atom stereocenters. The lowest BCUT2D eigenvalue weighted by Crippen LogP contribution is -2.00. The van der Waals surface area contributed by atoms with Crippen LogP contribution in [0.2, 0.25) is 0 Å². The summed E-state index contributed by atoms with van der Waals surface area (Å²) in [6.45, 7) is 0. The number of pyridine rings is 1. The van der Waals surface area contributed by atoms with E-state index in [-0.39, 0.29) is 17.6 Å². The van der Waals surface area contributed by atoms with E-state index in [1.807, 2.05) is 194 Å². The molecule has 635 valence electrons. The maximum atomic E-state index is 9.43. The van der Waals surface area contributed by atoms with Gasteiger partial charge in [0.25, 0.3) is 0 Å². The van der Waals surface area contributed by atoms with Gasteiger partial charge in [0, 0.05) is 92.2 Å². The van der Waals surface area contributed by atoms with Crippen LogP contribution in [0, 0.1) is 0 Å². The van der Waals surface area contributed by atoms with Gasteiger partial charge in [0.15, 0.2) is 28.1 Å². The molecule has 15 nitrogen and oxygen atoms in total. The lowest BCUT2D eigenvalue weighted by Gasteiger charge is -2.11. The lowest BCUT2D eigenvalue weighted by atomic mass is 9.93. The Balaban J connectivity index is 0.000000104. The summed E-state index contributed by atoms with van der Waals surface area (Å²) in [5.74, 6) is 2.43. The van der Waals surface area contributed by atoms with Crippen molar-refractivity contribution < 1.29 is 72.9 Å². The third-order valence-corrected chi connectivity index (χ3v) is 24.8. The summed E-state index contributed by atoms with van der Waals surface area (Å²) in [7, 11) is 3.34. The van der Waals surface area contributed by atoms with Gasteiger partial charge in [-0.3, -0.25) is 4.98 Å². The van der Waals surface area contributed by atoms with Crippen molar-refractivity contribution >= 4 is 190 Å². The fourth-order valence-electron chi connectivity index (χ4n) is 17.7. The zero-order chi connectivity index (χ0) is 94.7. The molecule has 0 saturated heterocycles. The van der Waals surface area contributed by atoms with Gasteiger partial charge in [0.05, 0.1) is 17.2 Å². The van der Waals surface area contributed by atoms with Crippen LogP contribution in [0.5, 0.6) is 28.7 Å². The van der Waals surface area contributed by atoms with Gasteiger partial charge >= 0.3 is 38.4 Å². The second-order valence-corrected chi connectivity index (χ2v) is 32.3. The highest BCUT2D eigenvalue weighted by atomic mass is 32.1. The fourth-order valence-corrected chi connectivity index (χ4v) is 18.9. The highest BCUT2D eigenvalue weighted by molar-refractivity contribution is 7.26. The number of thiophene rings is 1. The summed E-state index contributed by atoms with van der Waals surface area (Å²) >= 11 is 1.69. The van der Waals surface area contributed by atoms with Gasteiger partial charge in [0.1, 0.15) is 45.3 Å². The number of aromatic nitrogens is 1. The first-order chi connectivity index (χ1) is 68.3. The molecule has 5 radical (unpaired) electrons. The maximum Gasteiger partial charge on any atom is 0.569 e. The molecule has 19 aromatic carbocycles. The van der Waals surface area contributed by atoms with Crippen molar-refractivity contribution in [3.05, 3.63) is 413 Å². The highest BCUT2D eigenvalue weighted by Crippen LogP contribution is 2.50. The molecule has 0 aliphatic rings. The predicted molar refractivity (Wildman–Crippen MR) is 546 cm³/mol. The average Bonchev–Trinajstić information content (AvgIpc) is 1.79. The van der Waals surface area contributed by atoms with E-state index in [9.17, 15) is 10.0 Å². The number of rotatable bonds is 17. The molecular weight excluding hydrogens is 1680 g/mol. The quantitative estimate of drug-likeness (QED) is 0.0537. The third kappa shape index (κ3) is 16.4. The molecule has 0 unspecified atom stereocenters. The zero-order valence-electron chi connectivity index (χ0n) is 76.0. The third-order valence-electron chi connectivity index (χ3n) is 23.6. The molecule has 0 aliphatic heterocycles. The summed E-state index contributed by atoms with van der Waals surface area (Å²) in [5.41, 5.74) is 18.6. The van der Waals surface area contributed by atoms with Crippen molar-refractivity contribution in [3.8, 4) is 107 Å². The van der Waals surface area contributed by atoms with Crippen LogP contribution in [0.1, 0.15) is 6.85 Å². The van der Waals surface area contributed by atoms with E-state index in [1.54, 1.807) is 47.9 Å². The number of hydrogen-bond donors (Lipinski definition) is 5. The summed E-state index contributed by atoms with van der Waals surface area (Å²) in [4.78, 5) is 4.43. The van der Waals surface area contributed by atoms with Crippen molar-refractivity contribution in [1.82, 2.24) is 4.98 Å². The van der Waals surface area contributed by atoms with Crippen molar-refractivity contribution in [3.63, 3.8) is 0 Å². The van der Waals surface area contributed by atoms with Crippen LogP contribution in [0.3, 0.4) is 0 Å². The molecule has 0 amide bonds. The molecule has 6 heterocycles. The van der Waals surface area contributed by atoms with E-state index in [0.29, 0.717) is 98.4 Å². The van der Waals surface area contributed by atoms with E-state index in [2.05, 4.69) is 157 Å². The first-order valence-electron chi connectivity index (χ1n) is 45.3. The first-order valence-corrected chi connectivity index (χ1v) is 43.7. The van der Waals surface area contributed by atoms with Gasteiger partial charge in [-0.25, -0.2) is 0 Å². The van der Waals surface area contributed by atoms with Crippen LogP contribution in [-0.4, -0.2) is 68.5 Å². The van der Waals surface area contributed by atoms with Crippen LogP contribution in [0.4, 0.5) is 0 Å². The Kier molecular flexibility index (Phi) is 22.3.